The Kier molecular flexibility index (Phi) is 12.8. The van der Waals surface area contributed by atoms with Crippen molar-refractivity contribution in [2.75, 3.05) is 0 Å². The third-order valence-corrected chi connectivity index (χ3v) is 31.4. The first-order chi connectivity index (χ1) is 4.71. The van der Waals surface area contributed by atoms with Gasteiger partial charge in [0.1, 0.15) is 0 Å². The van der Waals surface area contributed by atoms with Crippen molar-refractivity contribution in [2.24, 2.45) is 0 Å². The molecule has 0 aliphatic carbocycles. The van der Waals surface area contributed by atoms with E-state index >= 15 is 0 Å². The molecule has 0 rings (SSSR count). The fourth-order valence-electron chi connectivity index (χ4n) is 1.01. The van der Waals surface area contributed by atoms with Gasteiger partial charge in [-0.1, -0.05) is 0 Å². The molecule has 0 saturated heterocycles. The average molecular weight is 316 g/mol. The van der Waals surface area contributed by atoms with E-state index in [9.17, 15) is 0 Å². The zero-order valence-corrected chi connectivity index (χ0v) is 16.7. The minimum atomic E-state index is -0.637. The zero-order valence-electron chi connectivity index (χ0n) is 9.86. The smallest absolute Gasteiger partial charge is 0 e. The largest absolute Gasteiger partial charge is 0.346 e. The molecule has 0 aliphatic heterocycles. The van der Waals surface area contributed by atoms with E-state index in [0.717, 1.165) is 14.4 Å². The van der Waals surface area contributed by atoms with E-state index in [1.165, 1.54) is 0 Å². The van der Waals surface area contributed by atoms with Gasteiger partial charge in [0.05, 0.1) is 0 Å². The summed E-state index contributed by atoms with van der Waals surface area (Å²) in [6.45, 7) is 18.8. The van der Waals surface area contributed by atoms with Crippen molar-refractivity contribution in [3.8, 4) is 0 Å². The molecule has 0 bridgehead atoms. The Balaban J connectivity index is -0.000000249. The van der Waals surface area contributed by atoms with Crippen molar-refractivity contribution in [3.63, 3.8) is 0 Å². The van der Waals surface area contributed by atoms with Gasteiger partial charge in [-0.15, -0.1) is 0 Å². The molecule has 0 unspecified atom stereocenters. The van der Waals surface area contributed by atoms with E-state index in [1.807, 2.05) is 0 Å². The quantitative estimate of drug-likeness (QED) is 0.542. The Morgan fingerprint density at radius 1 is 0.750 bits per heavy atom. The maximum Gasteiger partial charge on any atom is 0 e. The van der Waals surface area contributed by atoms with Crippen LogP contribution in [0.1, 0.15) is 6.92 Å². The summed E-state index contributed by atoms with van der Waals surface area (Å²) in [6, 6.07) is 0. The van der Waals surface area contributed by atoms with E-state index in [1.54, 1.807) is 6.92 Å². The van der Waals surface area contributed by atoms with Crippen LogP contribution in [0.2, 0.25) is 39.3 Å². The van der Waals surface area contributed by atoms with E-state index in [2.05, 4.69) is 46.2 Å². The van der Waals surface area contributed by atoms with Crippen LogP contribution in [0.25, 0.3) is 0 Å². The third kappa shape index (κ3) is 22.6. The maximum atomic E-state index is 3.25. The van der Waals surface area contributed by atoms with Crippen molar-refractivity contribution >= 4 is 27.5 Å². The molecule has 0 aliphatic rings. The topological polar surface area (TPSA) is 0 Å². The first kappa shape index (κ1) is 19.2. The van der Waals surface area contributed by atoms with E-state index in [0.29, 0.717) is 0 Å². The molecule has 0 aromatic rings. The predicted octanol–water partition coefficient (Wildman–Crippen LogP) is 3.20. The Morgan fingerprint density at radius 2 is 0.917 bits per heavy atom. The molecule has 0 heterocycles. The second-order valence-corrected chi connectivity index (χ2v) is 35.1. The minimum Gasteiger partial charge on any atom is -0.346 e. The number of hydrogen-bond donors (Lipinski definition) is 0. The van der Waals surface area contributed by atoms with Gasteiger partial charge in [-0.2, -0.15) is 6.92 Å². The van der Waals surface area contributed by atoms with E-state index in [4.69, 9.17) is 0 Å². The van der Waals surface area contributed by atoms with Crippen molar-refractivity contribution < 1.29 is 19.5 Å². The van der Waals surface area contributed by atoms with Crippen molar-refractivity contribution in [1.29, 1.82) is 0 Å². The fraction of sp³-hybridized carbons (Fsp3) is 0.875. The Labute approximate surface area is 99.5 Å². The van der Waals surface area contributed by atoms with Crippen molar-refractivity contribution in [1.82, 2.24) is 0 Å². The monoisotopic (exact) mass is 314 g/mol. The first-order valence-corrected chi connectivity index (χ1v) is 16.7. The molecule has 12 heavy (non-hydrogen) atoms. The molecule has 4 heteroatoms. The molecule has 0 aromatic heterocycles. The van der Waals surface area contributed by atoms with Gasteiger partial charge in [-0.25, -0.2) is 0 Å². The second-order valence-electron chi connectivity index (χ2n) is 4.45. The molecule has 71 valence electrons. The van der Waals surface area contributed by atoms with Gasteiger partial charge >= 0.3 is 66.8 Å². The van der Waals surface area contributed by atoms with Crippen LogP contribution < -0.4 is 0 Å². The molecule has 0 amide bonds. The van der Waals surface area contributed by atoms with Crippen LogP contribution in [0.4, 0.5) is 0 Å². The van der Waals surface area contributed by atoms with Gasteiger partial charge in [0.15, 0.2) is 0 Å². The second kappa shape index (κ2) is 7.97. The van der Waals surface area contributed by atoms with Crippen LogP contribution in [0.3, 0.4) is 0 Å². The summed E-state index contributed by atoms with van der Waals surface area (Å²) in [5, 5.41) is 0. The molecule has 0 saturated carbocycles. The van der Waals surface area contributed by atoms with Gasteiger partial charge in [-0.05, 0) is 0 Å². The standard InChI is InChI=1S/C6H18AsSi2.C2H5.Zn/c1-8(2,3)7-9(4,5)6;1-2;/h1-6H3;1H2,2H3;/q;-1;. The molecule has 1 radical (unpaired) electrons. The Hall–Kier alpha value is 1.62. The minimum absolute atomic E-state index is 0. The predicted molar refractivity (Wildman–Crippen MR) is 63.5 cm³/mol. The van der Waals surface area contributed by atoms with Gasteiger partial charge in [0.25, 0.3) is 0 Å². The normalized spacial score (nSPS) is 11.0. The summed E-state index contributed by atoms with van der Waals surface area (Å²) < 4.78 is 0. The van der Waals surface area contributed by atoms with Crippen LogP contribution in [0.15, 0.2) is 0 Å². The number of hydrogen-bond acceptors (Lipinski definition) is 0. The summed E-state index contributed by atoms with van der Waals surface area (Å²) in [7, 11) is 0. The molecule has 0 spiro atoms. The summed E-state index contributed by atoms with van der Waals surface area (Å²) in [5.74, 6) is 0. The third-order valence-electron chi connectivity index (χ3n) is 0.671. The Morgan fingerprint density at radius 3 is 0.917 bits per heavy atom. The molecular formula is C8H23AsSi2Zn-. The SMILES string of the molecule is C[Si](C)(C)[As][Si](C)(C)C.[CH2-]C.[Zn]. The molecule has 0 N–H and O–H groups in total. The van der Waals surface area contributed by atoms with Crippen LogP contribution in [-0.2, 0) is 19.5 Å². The van der Waals surface area contributed by atoms with Crippen LogP contribution in [0.5, 0.6) is 0 Å². The molecule has 0 aromatic carbocycles. The molecule has 0 fully saturated rings. The first-order valence-electron chi connectivity index (χ1n) is 4.15. The summed E-state index contributed by atoms with van der Waals surface area (Å²) in [5.41, 5.74) is 0. The number of rotatable bonds is 2. The van der Waals surface area contributed by atoms with Crippen LogP contribution in [0, 0.1) is 6.92 Å². The van der Waals surface area contributed by atoms with E-state index < -0.39 is 13.1 Å². The average Bonchev–Trinajstić information content (AvgIpc) is 1.60. The van der Waals surface area contributed by atoms with Gasteiger partial charge in [0, 0.05) is 19.5 Å². The molecule has 0 nitrogen and oxygen atoms in total. The van der Waals surface area contributed by atoms with Crippen LogP contribution >= 0.6 is 0 Å². The molecular weight excluding hydrogens is 293 g/mol. The summed E-state index contributed by atoms with van der Waals surface area (Å²) in [6.07, 6.45) is 0. The summed E-state index contributed by atoms with van der Waals surface area (Å²) >= 11 is 0.757. The van der Waals surface area contributed by atoms with Crippen LogP contribution in [-0.4, -0.2) is 27.5 Å². The van der Waals surface area contributed by atoms with Gasteiger partial charge < -0.3 is 6.92 Å². The fourth-order valence-corrected chi connectivity index (χ4v) is 47.1. The Bertz CT molecular complexity index is 82.2. The summed E-state index contributed by atoms with van der Waals surface area (Å²) in [4.78, 5) is 0. The van der Waals surface area contributed by atoms with Crippen molar-refractivity contribution in [3.05, 3.63) is 6.92 Å². The zero-order chi connectivity index (χ0) is 9.71. The van der Waals surface area contributed by atoms with Gasteiger partial charge in [0.2, 0.25) is 0 Å². The van der Waals surface area contributed by atoms with Crippen molar-refractivity contribution in [2.45, 2.75) is 46.2 Å². The molecule has 0 atom stereocenters. The maximum absolute atomic E-state index is 3.25. The van der Waals surface area contributed by atoms with Gasteiger partial charge in [-0.3, -0.25) is 0 Å². The van der Waals surface area contributed by atoms with E-state index in [-0.39, 0.29) is 19.5 Å².